The van der Waals surface area contributed by atoms with E-state index < -0.39 is 0 Å². The zero-order chi connectivity index (χ0) is 14.4. The molecular weight excluding hydrogens is 338 g/mol. The second kappa shape index (κ2) is 7.38. The Kier molecular flexibility index (Phi) is 5.52. The lowest BCUT2D eigenvalue weighted by Crippen LogP contribution is -2.29. The van der Waals surface area contributed by atoms with Crippen molar-refractivity contribution in [1.82, 2.24) is 5.32 Å². The van der Waals surface area contributed by atoms with Gasteiger partial charge >= 0.3 is 0 Å². The molecule has 5 heteroatoms. The van der Waals surface area contributed by atoms with Crippen molar-refractivity contribution >= 4 is 39.2 Å². The Bertz CT molecular complexity index is 595. The maximum atomic E-state index is 11.8. The number of benzene rings is 1. The van der Waals surface area contributed by atoms with Crippen LogP contribution in [0.5, 0.6) is 0 Å². The number of carbonyl (C=O) groups is 1. The molecule has 0 aliphatic heterocycles. The van der Waals surface area contributed by atoms with E-state index in [4.69, 9.17) is 0 Å². The van der Waals surface area contributed by atoms with Gasteiger partial charge in [0.25, 0.3) is 0 Å². The minimum Gasteiger partial charge on any atom is -0.394 e. The third kappa shape index (κ3) is 4.30. The topological polar surface area (TPSA) is 49.3 Å². The number of hydrogen-bond donors (Lipinski definition) is 2. The number of thiophene rings is 1. The first kappa shape index (κ1) is 15.0. The Balaban J connectivity index is 1.98. The summed E-state index contributed by atoms with van der Waals surface area (Å²) in [4.78, 5) is 12.8. The number of hydrogen-bond acceptors (Lipinski definition) is 3. The third-order valence-corrected chi connectivity index (χ3v) is 4.28. The smallest absolute Gasteiger partial charge is 0.244 e. The highest BCUT2D eigenvalue weighted by molar-refractivity contribution is 9.11. The molecule has 3 nitrogen and oxygen atoms in total. The highest BCUT2D eigenvalue weighted by atomic mass is 79.9. The van der Waals surface area contributed by atoms with E-state index >= 15 is 0 Å². The standard InChI is InChI=1S/C15H14BrNO2S/c16-14-8-6-12(20-14)7-9-15(19)17-13(10-18)11-4-2-1-3-5-11/h1-9,13,18H,10H2,(H,17,19). The van der Waals surface area contributed by atoms with Crippen molar-refractivity contribution in [2.45, 2.75) is 6.04 Å². The average molecular weight is 352 g/mol. The quantitative estimate of drug-likeness (QED) is 0.811. The van der Waals surface area contributed by atoms with Gasteiger partial charge in [0, 0.05) is 11.0 Å². The SMILES string of the molecule is O=C(C=Cc1ccc(Br)s1)NC(CO)c1ccccc1. The Hall–Kier alpha value is -1.43. The van der Waals surface area contributed by atoms with E-state index in [0.717, 1.165) is 14.2 Å². The van der Waals surface area contributed by atoms with Gasteiger partial charge in [-0.15, -0.1) is 11.3 Å². The summed E-state index contributed by atoms with van der Waals surface area (Å²) in [6.07, 6.45) is 3.23. The van der Waals surface area contributed by atoms with Gasteiger partial charge in [0.2, 0.25) is 5.91 Å². The number of aliphatic hydroxyl groups is 1. The fourth-order valence-corrected chi connectivity index (χ4v) is 3.04. The maximum absolute atomic E-state index is 11.8. The fourth-order valence-electron chi connectivity index (χ4n) is 1.72. The van der Waals surface area contributed by atoms with Crippen LogP contribution in [0.15, 0.2) is 52.3 Å². The van der Waals surface area contributed by atoms with Crippen LogP contribution >= 0.6 is 27.3 Å². The van der Waals surface area contributed by atoms with E-state index in [-0.39, 0.29) is 18.6 Å². The molecule has 1 aromatic heterocycles. The van der Waals surface area contributed by atoms with Gasteiger partial charge in [-0.3, -0.25) is 4.79 Å². The number of aliphatic hydroxyl groups excluding tert-OH is 1. The molecule has 1 atom stereocenters. The molecule has 2 rings (SSSR count). The molecule has 20 heavy (non-hydrogen) atoms. The summed E-state index contributed by atoms with van der Waals surface area (Å²) in [6, 6.07) is 12.9. The Morgan fingerprint density at radius 2 is 2.05 bits per heavy atom. The van der Waals surface area contributed by atoms with Crippen molar-refractivity contribution in [2.24, 2.45) is 0 Å². The Morgan fingerprint density at radius 1 is 1.30 bits per heavy atom. The van der Waals surface area contributed by atoms with Crippen LogP contribution in [-0.4, -0.2) is 17.6 Å². The number of rotatable bonds is 5. The molecule has 0 saturated carbocycles. The van der Waals surface area contributed by atoms with Gasteiger partial charge in [-0.25, -0.2) is 0 Å². The summed E-state index contributed by atoms with van der Waals surface area (Å²) in [7, 11) is 0. The van der Waals surface area contributed by atoms with E-state index in [1.165, 1.54) is 6.08 Å². The first-order valence-electron chi connectivity index (χ1n) is 6.09. The molecule has 0 aliphatic rings. The van der Waals surface area contributed by atoms with E-state index in [1.54, 1.807) is 17.4 Å². The van der Waals surface area contributed by atoms with E-state index in [0.29, 0.717) is 0 Å². The largest absolute Gasteiger partial charge is 0.394 e. The number of halogens is 1. The van der Waals surface area contributed by atoms with Crippen molar-refractivity contribution in [3.05, 3.63) is 62.8 Å². The van der Waals surface area contributed by atoms with Crippen molar-refractivity contribution < 1.29 is 9.90 Å². The second-order valence-electron chi connectivity index (χ2n) is 4.13. The van der Waals surface area contributed by atoms with Crippen LogP contribution in [0, 0.1) is 0 Å². The van der Waals surface area contributed by atoms with Crippen LogP contribution in [0.2, 0.25) is 0 Å². The fraction of sp³-hybridized carbons (Fsp3) is 0.133. The minimum atomic E-state index is -0.386. The molecule has 0 saturated heterocycles. The van der Waals surface area contributed by atoms with Crippen LogP contribution in [0.1, 0.15) is 16.5 Å². The Morgan fingerprint density at radius 3 is 2.65 bits per heavy atom. The van der Waals surface area contributed by atoms with Gasteiger partial charge in [-0.2, -0.15) is 0 Å². The molecule has 1 aromatic carbocycles. The molecule has 2 N–H and O–H groups in total. The maximum Gasteiger partial charge on any atom is 0.244 e. The first-order valence-corrected chi connectivity index (χ1v) is 7.69. The van der Waals surface area contributed by atoms with Gasteiger partial charge in [0.1, 0.15) is 0 Å². The molecule has 0 aliphatic carbocycles. The second-order valence-corrected chi connectivity index (χ2v) is 6.62. The van der Waals surface area contributed by atoms with E-state index in [2.05, 4.69) is 21.2 Å². The molecule has 0 spiro atoms. The van der Waals surface area contributed by atoms with Crippen molar-refractivity contribution in [3.63, 3.8) is 0 Å². The zero-order valence-corrected chi connectivity index (χ0v) is 13.0. The molecule has 0 fully saturated rings. The lowest BCUT2D eigenvalue weighted by Gasteiger charge is -2.15. The van der Waals surface area contributed by atoms with Crippen LogP contribution in [0.4, 0.5) is 0 Å². The molecule has 1 amide bonds. The summed E-state index contributed by atoms with van der Waals surface area (Å²) in [6.45, 7) is -0.131. The van der Waals surface area contributed by atoms with E-state index in [1.807, 2.05) is 42.5 Å². The van der Waals surface area contributed by atoms with Gasteiger partial charge in [-0.05, 0) is 39.7 Å². The Labute approximate surface area is 130 Å². The molecule has 0 bridgehead atoms. The molecule has 0 radical (unpaired) electrons. The molecule has 104 valence electrons. The van der Waals surface area contributed by atoms with Gasteiger partial charge < -0.3 is 10.4 Å². The lowest BCUT2D eigenvalue weighted by atomic mass is 10.1. The van der Waals surface area contributed by atoms with Crippen LogP contribution < -0.4 is 5.32 Å². The lowest BCUT2D eigenvalue weighted by molar-refractivity contribution is -0.117. The number of nitrogens with one attached hydrogen (secondary N) is 1. The van der Waals surface area contributed by atoms with Crippen LogP contribution in [0.25, 0.3) is 6.08 Å². The molecule has 1 unspecified atom stereocenters. The predicted octanol–water partition coefficient (Wildman–Crippen LogP) is 3.37. The van der Waals surface area contributed by atoms with Crippen LogP contribution in [-0.2, 0) is 4.79 Å². The summed E-state index contributed by atoms with van der Waals surface area (Å²) in [5.74, 6) is -0.225. The van der Waals surface area contributed by atoms with Crippen molar-refractivity contribution in [2.75, 3.05) is 6.61 Å². The number of carbonyl (C=O) groups excluding carboxylic acids is 1. The highest BCUT2D eigenvalue weighted by Gasteiger charge is 2.11. The summed E-state index contributed by atoms with van der Waals surface area (Å²) in [5.41, 5.74) is 0.885. The summed E-state index contributed by atoms with van der Waals surface area (Å²) < 4.78 is 1.02. The normalized spacial score (nSPS) is 12.5. The summed E-state index contributed by atoms with van der Waals surface area (Å²) in [5, 5.41) is 12.2. The zero-order valence-electron chi connectivity index (χ0n) is 10.6. The minimum absolute atomic E-state index is 0.131. The van der Waals surface area contributed by atoms with Gasteiger partial charge in [0.05, 0.1) is 16.4 Å². The molecule has 2 aromatic rings. The van der Waals surface area contributed by atoms with Gasteiger partial charge in [0.15, 0.2) is 0 Å². The van der Waals surface area contributed by atoms with E-state index in [9.17, 15) is 9.90 Å². The molecular formula is C15H14BrNO2S. The summed E-state index contributed by atoms with van der Waals surface area (Å²) >= 11 is 4.92. The monoisotopic (exact) mass is 351 g/mol. The average Bonchev–Trinajstić information content (AvgIpc) is 2.89. The third-order valence-electron chi connectivity index (χ3n) is 2.69. The highest BCUT2D eigenvalue weighted by Crippen LogP contribution is 2.23. The van der Waals surface area contributed by atoms with Crippen molar-refractivity contribution in [3.8, 4) is 0 Å². The first-order chi connectivity index (χ1) is 9.69. The van der Waals surface area contributed by atoms with Crippen LogP contribution in [0.3, 0.4) is 0 Å². The van der Waals surface area contributed by atoms with Crippen molar-refractivity contribution in [1.29, 1.82) is 0 Å². The molecule has 1 heterocycles. The van der Waals surface area contributed by atoms with Gasteiger partial charge in [-0.1, -0.05) is 30.3 Å². The number of amides is 1. The predicted molar refractivity (Wildman–Crippen MR) is 85.5 cm³/mol.